The lowest BCUT2D eigenvalue weighted by atomic mass is 9.79. The molecule has 0 N–H and O–H groups in total. The summed E-state index contributed by atoms with van der Waals surface area (Å²) >= 11 is 1.60. The van der Waals surface area contributed by atoms with Crippen LogP contribution in [0.3, 0.4) is 0 Å². The average molecular weight is 384 g/mol. The van der Waals surface area contributed by atoms with Crippen molar-refractivity contribution >= 4 is 32.6 Å². The third-order valence-electron chi connectivity index (χ3n) is 5.12. The molecule has 4 heterocycles. The summed E-state index contributed by atoms with van der Waals surface area (Å²) in [5, 5.41) is 6.47. The Bertz CT molecular complexity index is 1140. The van der Waals surface area contributed by atoms with Crippen LogP contribution in [0.1, 0.15) is 24.6 Å². The van der Waals surface area contributed by atoms with Crippen molar-refractivity contribution in [3.05, 3.63) is 41.5 Å². The van der Waals surface area contributed by atoms with Gasteiger partial charge in [-0.1, -0.05) is 0 Å². The van der Waals surface area contributed by atoms with Crippen molar-refractivity contribution in [2.75, 3.05) is 0 Å². The summed E-state index contributed by atoms with van der Waals surface area (Å²) in [7, 11) is 0. The Morgan fingerprint density at radius 3 is 2.85 bits per heavy atom. The van der Waals surface area contributed by atoms with Crippen LogP contribution in [-0.2, 0) is 13.0 Å². The molecule has 0 aromatic carbocycles. The maximum absolute atomic E-state index is 13.1. The molecule has 0 spiro atoms. The first-order chi connectivity index (χ1) is 13.0. The van der Waals surface area contributed by atoms with Gasteiger partial charge in [-0.25, -0.2) is 18.7 Å². The van der Waals surface area contributed by atoms with E-state index in [0.717, 1.165) is 50.4 Å². The lowest BCUT2D eigenvalue weighted by Crippen LogP contribution is -2.36. The number of halogens is 2. The molecule has 0 radical (unpaired) electrons. The van der Waals surface area contributed by atoms with Crippen molar-refractivity contribution in [2.24, 2.45) is 5.92 Å². The Kier molecular flexibility index (Phi) is 3.75. The molecule has 4 nitrogen and oxygen atoms in total. The van der Waals surface area contributed by atoms with Crippen molar-refractivity contribution < 1.29 is 8.78 Å². The first-order valence-corrected chi connectivity index (χ1v) is 9.92. The molecule has 0 unspecified atom stereocenters. The van der Waals surface area contributed by atoms with E-state index in [9.17, 15) is 8.78 Å². The molecule has 1 fully saturated rings. The van der Waals surface area contributed by atoms with E-state index in [-0.39, 0.29) is 18.8 Å². The summed E-state index contributed by atoms with van der Waals surface area (Å²) in [5.74, 6) is -2.36. The lowest BCUT2D eigenvalue weighted by Gasteiger charge is -2.34. The molecule has 0 aliphatic heterocycles. The fraction of sp³-hybridized carbons (Fsp3) is 0.350. The van der Waals surface area contributed by atoms with E-state index in [2.05, 4.69) is 22.2 Å². The van der Waals surface area contributed by atoms with Crippen LogP contribution in [0, 0.1) is 5.92 Å². The largest absolute Gasteiger partial charge is 0.270 e. The van der Waals surface area contributed by atoms with Gasteiger partial charge in [-0.3, -0.25) is 4.68 Å². The van der Waals surface area contributed by atoms with Crippen LogP contribution >= 0.6 is 11.3 Å². The smallest absolute Gasteiger partial charge is 0.248 e. The maximum Gasteiger partial charge on any atom is 0.248 e. The number of aryl methyl sites for hydroxylation is 1. The molecule has 0 atom stereocenters. The van der Waals surface area contributed by atoms with E-state index in [0.29, 0.717) is 0 Å². The monoisotopic (exact) mass is 384 g/mol. The highest BCUT2D eigenvalue weighted by atomic mass is 32.1. The number of alkyl halides is 2. The quantitative estimate of drug-likeness (QED) is 0.479. The molecule has 1 saturated carbocycles. The zero-order chi connectivity index (χ0) is 18.6. The summed E-state index contributed by atoms with van der Waals surface area (Å²) in [6.45, 7) is 2.85. The van der Waals surface area contributed by atoms with Crippen LogP contribution in [0.15, 0.2) is 36.7 Å². The third kappa shape index (κ3) is 3.10. The van der Waals surface area contributed by atoms with Crippen molar-refractivity contribution in [2.45, 2.75) is 38.7 Å². The maximum atomic E-state index is 13.1. The molecule has 27 heavy (non-hydrogen) atoms. The molecule has 138 valence electrons. The number of hydrogen-bond acceptors (Lipinski definition) is 4. The highest BCUT2D eigenvalue weighted by molar-refractivity contribution is 7.18. The van der Waals surface area contributed by atoms with E-state index in [1.54, 1.807) is 17.5 Å². The Morgan fingerprint density at radius 1 is 1.22 bits per heavy atom. The summed E-state index contributed by atoms with van der Waals surface area (Å²) < 4.78 is 28.0. The molecule has 7 heteroatoms. The van der Waals surface area contributed by atoms with Gasteiger partial charge in [-0.15, -0.1) is 11.3 Å². The van der Waals surface area contributed by atoms with Crippen molar-refractivity contribution in [1.82, 2.24) is 19.7 Å². The number of hydrogen-bond donors (Lipinski definition) is 0. The predicted octanol–water partition coefficient (Wildman–Crippen LogP) is 5.32. The molecule has 0 saturated heterocycles. The second kappa shape index (κ2) is 6.05. The van der Waals surface area contributed by atoms with E-state index < -0.39 is 5.92 Å². The molecule has 0 bridgehead atoms. The van der Waals surface area contributed by atoms with Crippen LogP contribution in [-0.4, -0.2) is 25.7 Å². The Balaban J connectivity index is 1.44. The van der Waals surface area contributed by atoms with E-state index in [4.69, 9.17) is 4.98 Å². The average Bonchev–Trinajstić information content (AvgIpc) is 3.21. The summed E-state index contributed by atoms with van der Waals surface area (Å²) in [4.78, 5) is 11.3. The number of rotatable bonds is 4. The minimum Gasteiger partial charge on any atom is -0.270 e. The van der Waals surface area contributed by atoms with E-state index in [1.807, 2.05) is 29.9 Å². The molecular formula is C20H18F2N4S. The summed E-state index contributed by atoms with van der Waals surface area (Å²) in [6.07, 6.45) is 4.53. The Labute approximate surface area is 158 Å². The first-order valence-electron chi connectivity index (χ1n) is 9.10. The van der Waals surface area contributed by atoms with Gasteiger partial charge in [0.1, 0.15) is 4.83 Å². The minimum atomic E-state index is -2.45. The minimum absolute atomic E-state index is 0.0110. The normalized spacial score (nSPS) is 16.9. The highest BCUT2D eigenvalue weighted by Crippen LogP contribution is 2.44. The second-order valence-corrected chi connectivity index (χ2v) is 8.37. The van der Waals surface area contributed by atoms with Gasteiger partial charge in [0.25, 0.3) is 0 Å². The van der Waals surface area contributed by atoms with Crippen LogP contribution in [0.25, 0.3) is 32.5 Å². The highest BCUT2D eigenvalue weighted by Gasteiger charge is 2.45. The van der Waals surface area contributed by atoms with Gasteiger partial charge in [-0.05, 0) is 43.5 Å². The summed E-state index contributed by atoms with van der Waals surface area (Å²) in [5.41, 5.74) is 2.55. The van der Waals surface area contributed by atoms with Crippen LogP contribution < -0.4 is 0 Å². The molecule has 4 aromatic rings. The Hall–Kier alpha value is -2.41. The third-order valence-corrected chi connectivity index (χ3v) is 6.19. The fourth-order valence-electron chi connectivity index (χ4n) is 3.71. The van der Waals surface area contributed by atoms with Gasteiger partial charge in [0.05, 0.1) is 5.69 Å². The standard InChI is InChI=1S/C20H18F2N4S/c1-2-26-11-15-6-14(10-23-18(15)25-26)17-4-3-13-7-16(27-19(13)24-17)5-12-8-20(21,22)9-12/h3-4,6-7,10-12H,2,5,8-9H2,1H3. The predicted molar refractivity (Wildman–Crippen MR) is 103 cm³/mol. The van der Waals surface area contributed by atoms with Gasteiger partial charge < -0.3 is 0 Å². The molecule has 0 amide bonds. The Morgan fingerprint density at radius 2 is 2.07 bits per heavy atom. The number of fused-ring (bicyclic) bond motifs is 2. The van der Waals surface area contributed by atoms with Crippen molar-refractivity contribution in [3.63, 3.8) is 0 Å². The fourth-order valence-corrected chi connectivity index (χ4v) is 4.85. The SMILES string of the molecule is CCn1cc2cc(-c3ccc4cc(CC5CC(F)(F)C5)sc4n3)cnc2n1. The summed E-state index contributed by atoms with van der Waals surface area (Å²) in [6, 6.07) is 8.18. The second-order valence-electron chi connectivity index (χ2n) is 7.26. The molecule has 1 aliphatic carbocycles. The first kappa shape index (κ1) is 16.7. The number of pyridine rings is 2. The number of thiophene rings is 1. The van der Waals surface area contributed by atoms with Crippen molar-refractivity contribution in [3.8, 4) is 11.3 Å². The zero-order valence-electron chi connectivity index (χ0n) is 14.8. The molecule has 5 rings (SSSR count). The van der Waals surface area contributed by atoms with Gasteiger partial charge in [-0.2, -0.15) is 5.10 Å². The van der Waals surface area contributed by atoms with Gasteiger partial charge in [0, 0.05) is 53.0 Å². The molecular weight excluding hydrogens is 366 g/mol. The van der Waals surface area contributed by atoms with Gasteiger partial charge >= 0.3 is 0 Å². The van der Waals surface area contributed by atoms with Crippen molar-refractivity contribution in [1.29, 1.82) is 0 Å². The van der Waals surface area contributed by atoms with Crippen LogP contribution in [0.5, 0.6) is 0 Å². The number of nitrogens with zero attached hydrogens (tertiary/aromatic N) is 4. The van der Waals surface area contributed by atoms with E-state index in [1.165, 1.54) is 0 Å². The van der Waals surface area contributed by atoms with Gasteiger partial charge in [0.2, 0.25) is 5.92 Å². The topological polar surface area (TPSA) is 43.6 Å². The molecule has 4 aromatic heterocycles. The number of aromatic nitrogens is 4. The lowest BCUT2D eigenvalue weighted by molar-refractivity contribution is -0.109. The van der Waals surface area contributed by atoms with E-state index >= 15 is 0 Å². The van der Waals surface area contributed by atoms with Gasteiger partial charge in [0.15, 0.2) is 5.65 Å². The molecule has 1 aliphatic rings. The zero-order valence-corrected chi connectivity index (χ0v) is 15.6. The van der Waals surface area contributed by atoms with Crippen LogP contribution in [0.2, 0.25) is 0 Å². The van der Waals surface area contributed by atoms with Crippen LogP contribution in [0.4, 0.5) is 8.78 Å².